The molecule has 0 bridgehead atoms. The molecule has 0 unspecified atom stereocenters. The molecule has 0 radical (unpaired) electrons. The van der Waals surface area contributed by atoms with E-state index in [1.54, 1.807) is 110 Å². The van der Waals surface area contributed by atoms with Crippen molar-refractivity contribution in [2.75, 3.05) is 31.9 Å². The maximum absolute atomic E-state index is 15.2. The summed E-state index contributed by atoms with van der Waals surface area (Å²) >= 11 is 0. The van der Waals surface area contributed by atoms with Crippen molar-refractivity contribution in [1.82, 2.24) is 29.9 Å². The average molecular weight is 1530 g/mol. The highest BCUT2D eigenvalue weighted by molar-refractivity contribution is 6.26. The van der Waals surface area contributed by atoms with Crippen LogP contribution in [0.2, 0.25) is 0 Å². The predicted molar refractivity (Wildman–Crippen MR) is 468 cm³/mol. The van der Waals surface area contributed by atoms with Gasteiger partial charge in [-0.1, -0.05) is 164 Å². The third-order valence-corrected chi connectivity index (χ3v) is 22.2. The van der Waals surface area contributed by atoms with E-state index in [2.05, 4.69) is 211 Å². The van der Waals surface area contributed by atoms with E-state index in [9.17, 15) is 14.4 Å². The normalized spacial score (nSPS) is 11.6. The topological polar surface area (TPSA) is 252 Å². The second kappa shape index (κ2) is 31.0. The van der Waals surface area contributed by atoms with Crippen LogP contribution in [0, 0.1) is 0 Å². The van der Waals surface area contributed by atoms with Gasteiger partial charge in [-0.2, -0.15) is 0 Å². The lowest BCUT2D eigenvalue weighted by molar-refractivity contribution is -0.117. The smallest absolute Gasteiger partial charge is 0.255 e. The van der Waals surface area contributed by atoms with Crippen molar-refractivity contribution in [3.63, 3.8) is 0 Å². The van der Waals surface area contributed by atoms with Crippen LogP contribution in [0.3, 0.4) is 0 Å². The third kappa shape index (κ3) is 14.1. The molecule has 0 spiro atoms. The Balaban J connectivity index is 0.580. The van der Waals surface area contributed by atoms with Gasteiger partial charge in [-0.3, -0.25) is 58.7 Å². The molecule has 19 aromatic rings. The Hall–Kier alpha value is -15.3. The molecule has 18 nitrogen and oxygen atoms in total. The lowest BCUT2D eigenvalue weighted by Gasteiger charge is -2.16. The van der Waals surface area contributed by atoms with Crippen LogP contribution < -0.4 is 31.9 Å². The van der Waals surface area contributed by atoms with E-state index in [-0.39, 0.29) is 105 Å². The van der Waals surface area contributed by atoms with Crippen molar-refractivity contribution in [3.8, 4) is 34.2 Å². The first kappa shape index (κ1) is 72.0. The molecule has 19 rings (SSSR count). The predicted octanol–water partition coefficient (Wildman–Crippen LogP) is 21.4. The summed E-state index contributed by atoms with van der Waals surface area (Å²) in [6, 6.07) is 82.1. The Morgan fingerprint density at radius 1 is 0.222 bits per heavy atom. The number of carbonyl (C=O) groups excluding carboxylic acids is 6. The number of rotatable bonds is 24. The second-order valence-electron chi connectivity index (χ2n) is 29.5. The molecule has 0 saturated carbocycles. The second-order valence-corrected chi connectivity index (χ2v) is 29.5. The van der Waals surface area contributed by atoms with Crippen LogP contribution >= 0.6 is 0 Å². The standard InChI is InChI=1S/C99H72N12O6/c112-82(28-4-13-58-31-34-67-40-37-61-16-1-19-64-43-46-73(58)88(67)85(61)64)106-76-22-7-49-100-91(76)94-79(25-10-52-103-94)109-97(115)70-55-71(98(116)110-80-26-11-53-104-95(80)92-77(23-8-50-101-92)107-83(113)29-5-14-59-32-35-68-41-38-62-17-2-20-65-44-47-74(59)89(68)86(62)65)57-72(56-70)99(117)111-81-27-12-54-105-96(81)93-78(24-9-51-102-93)108-84(114)30-6-15-60-33-36-69-42-39-63-18-3-21-66-45-48-75(60)90(69)87(63)66/h1-3,7-12,16-27,31-57H,4-6,13-15,28-30H2,(H,106,112)(H,107,113)(H,108,114)(H,109,115)(H,110,116)(H,111,117). The minimum Gasteiger partial charge on any atom is -0.324 e. The average Bonchev–Trinajstić information content (AvgIpc) is 0.747. The minimum atomic E-state index is -0.736. The SMILES string of the molecule is O=C(CCCc1ccc2ccc3cccc4ccc1c2c34)Nc1cccnc1-c1ncccc1NC(=O)c1cc(C(=O)Nc2cccnc2-c2ncccc2NC(=O)CCCc2ccc3ccc4cccc5ccc2c3c45)cc(C(=O)Nc2cccnc2-c2ncccc2NC(=O)CCCc2ccc3ccc4cccc5ccc2c3c45)c1. The monoisotopic (exact) mass is 1520 g/mol. The quantitative estimate of drug-likeness (QED) is 0.0309. The zero-order chi connectivity index (χ0) is 79.0. The Morgan fingerprint density at radius 2 is 0.436 bits per heavy atom. The van der Waals surface area contributed by atoms with Gasteiger partial charge in [-0.25, -0.2) is 0 Å². The summed E-state index contributed by atoms with van der Waals surface area (Å²) < 4.78 is 0. The van der Waals surface area contributed by atoms with Crippen LogP contribution in [-0.2, 0) is 33.6 Å². The number of aryl methyl sites for hydroxylation is 3. The summed E-state index contributed by atoms with van der Waals surface area (Å²) in [5.41, 5.74) is 6.35. The van der Waals surface area contributed by atoms with Crippen LogP contribution in [0.25, 0.3) is 131 Å². The molecule has 18 heteroatoms. The Morgan fingerprint density at radius 3 is 0.684 bits per heavy atom. The third-order valence-electron chi connectivity index (χ3n) is 22.2. The van der Waals surface area contributed by atoms with E-state index < -0.39 is 17.7 Å². The number of aromatic nitrogens is 6. The van der Waals surface area contributed by atoms with Crippen molar-refractivity contribution in [2.24, 2.45) is 0 Å². The summed E-state index contributed by atoms with van der Waals surface area (Å²) in [4.78, 5) is 116. The summed E-state index contributed by atoms with van der Waals surface area (Å²) in [6.45, 7) is 0. The highest BCUT2D eigenvalue weighted by Gasteiger charge is 2.26. The van der Waals surface area contributed by atoms with Crippen LogP contribution in [0.1, 0.15) is 86.3 Å². The Bertz CT molecular complexity index is 6460. The largest absolute Gasteiger partial charge is 0.324 e. The number of hydrogen-bond donors (Lipinski definition) is 6. The van der Waals surface area contributed by atoms with E-state index >= 15 is 14.4 Å². The number of hydrogen-bond acceptors (Lipinski definition) is 12. The zero-order valence-corrected chi connectivity index (χ0v) is 63.2. The first-order valence-corrected chi connectivity index (χ1v) is 39.1. The van der Waals surface area contributed by atoms with Gasteiger partial charge < -0.3 is 31.9 Å². The number of carbonyl (C=O) groups is 6. The van der Waals surface area contributed by atoms with Gasteiger partial charge in [0.25, 0.3) is 17.7 Å². The van der Waals surface area contributed by atoms with Crippen molar-refractivity contribution >= 4 is 167 Å². The van der Waals surface area contributed by atoms with E-state index in [4.69, 9.17) is 15.0 Å². The minimum absolute atomic E-state index is 0.109. The fraction of sp³-hybridized carbons (Fsp3) is 0.0909. The first-order valence-electron chi connectivity index (χ1n) is 39.1. The number of benzene rings is 13. The molecular formula is C99H72N12O6. The van der Waals surface area contributed by atoms with E-state index in [1.165, 1.54) is 115 Å². The van der Waals surface area contributed by atoms with E-state index in [0.717, 1.165) is 16.7 Å². The number of anilines is 6. The lowest BCUT2D eigenvalue weighted by atomic mass is 9.90. The molecular weight excluding hydrogens is 1450 g/mol. The molecule has 117 heavy (non-hydrogen) atoms. The first-order chi connectivity index (χ1) is 57.5. The van der Waals surface area contributed by atoms with Gasteiger partial charge in [0.2, 0.25) is 17.7 Å². The van der Waals surface area contributed by atoms with Crippen molar-refractivity contribution in [1.29, 1.82) is 0 Å². The van der Waals surface area contributed by atoms with Crippen molar-refractivity contribution < 1.29 is 28.8 Å². The maximum atomic E-state index is 15.2. The Kier molecular flexibility index (Phi) is 19.1. The number of amides is 6. The van der Waals surface area contributed by atoms with Gasteiger partial charge in [0.05, 0.1) is 34.1 Å². The molecule has 0 saturated heterocycles. The molecule has 0 aliphatic heterocycles. The molecule has 6 heterocycles. The molecule has 564 valence electrons. The van der Waals surface area contributed by atoms with Crippen LogP contribution in [0.5, 0.6) is 0 Å². The van der Waals surface area contributed by atoms with Gasteiger partial charge in [-0.05, 0) is 243 Å². The molecule has 0 aliphatic rings. The van der Waals surface area contributed by atoms with Gasteiger partial charge in [0.15, 0.2) is 0 Å². The lowest BCUT2D eigenvalue weighted by Crippen LogP contribution is -2.20. The van der Waals surface area contributed by atoms with Crippen LogP contribution in [0.4, 0.5) is 34.1 Å². The van der Waals surface area contributed by atoms with Crippen LogP contribution in [-0.4, -0.2) is 65.3 Å². The molecule has 6 N–H and O–H groups in total. The summed E-state index contributed by atoms with van der Waals surface area (Å²) in [5.74, 6) is -2.92. The Labute approximate surface area is 670 Å². The van der Waals surface area contributed by atoms with Crippen molar-refractivity contribution in [3.05, 3.63) is 325 Å². The highest BCUT2D eigenvalue weighted by atomic mass is 16.2. The molecule has 0 atom stereocenters. The van der Waals surface area contributed by atoms with Crippen molar-refractivity contribution in [2.45, 2.75) is 57.8 Å². The van der Waals surface area contributed by atoms with Crippen LogP contribution in [0.15, 0.2) is 292 Å². The maximum Gasteiger partial charge on any atom is 0.255 e. The molecule has 6 aromatic heterocycles. The summed E-state index contributed by atoms with van der Waals surface area (Å²) in [5, 5.41) is 39.6. The fourth-order valence-electron chi connectivity index (χ4n) is 16.8. The molecule has 0 fully saturated rings. The summed E-state index contributed by atoms with van der Waals surface area (Å²) in [7, 11) is 0. The van der Waals surface area contributed by atoms with Gasteiger partial charge in [0, 0.05) is 73.1 Å². The molecule has 6 amide bonds. The van der Waals surface area contributed by atoms with Gasteiger partial charge in [-0.15, -0.1) is 0 Å². The van der Waals surface area contributed by atoms with E-state index in [0.29, 0.717) is 55.6 Å². The van der Waals surface area contributed by atoms with Gasteiger partial charge >= 0.3 is 0 Å². The fourth-order valence-corrected chi connectivity index (χ4v) is 16.8. The van der Waals surface area contributed by atoms with Gasteiger partial charge in [0.1, 0.15) is 34.2 Å². The number of pyridine rings is 6. The molecule has 0 aliphatic carbocycles. The van der Waals surface area contributed by atoms with E-state index in [1.807, 2.05) is 0 Å². The zero-order valence-electron chi connectivity index (χ0n) is 63.2. The highest BCUT2D eigenvalue weighted by Crippen LogP contribution is 2.42. The number of nitrogens with zero attached hydrogens (tertiary/aromatic N) is 6. The molecule has 13 aromatic carbocycles. The summed E-state index contributed by atoms with van der Waals surface area (Å²) in [6.07, 6.45) is 13.7. The number of nitrogens with one attached hydrogen (secondary N) is 6.